The van der Waals surface area contributed by atoms with E-state index in [1.165, 1.54) is 12.7 Å². The molecule has 0 aliphatic heterocycles. The van der Waals surface area contributed by atoms with Crippen LogP contribution in [0.5, 0.6) is 0 Å². The van der Waals surface area contributed by atoms with Crippen LogP contribution in [0.25, 0.3) is 0 Å². The lowest BCUT2D eigenvalue weighted by molar-refractivity contribution is -0.144. The number of hydrogen-bond acceptors (Lipinski definition) is 3. The second-order valence-corrected chi connectivity index (χ2v) is 4.85. The highest BCUT2D eigenvalue weighted by Crippen LogP contribution is 2.60. The number of nitrogens with zero attached hydrogens (tertiary/aromatic N) is 1. The van der Waals surface area contributed by atoms with Gasteiger partial charge < -0.3 is 4.74 Å². The standard InChI is InChI=1S/C16H15NO2/c1-19-15(18)16(14-9-5-6-10-17-14)11-13(16)12-7-3-2-4-8-12/h2-10,13H,11H2,1H3/t13-,16+/m0/s1. The van der Waals surface area contributed by atoms with Crippen LogP contribution in [0.15, 0.2) is 54.7 Å². The maximum atomic E-state index is 12.2. The van der Waals surface area contributed by atoms with Gasteiger partial charge in [0.15, 0.2) is 0 Å². The summed E-state index contributed by atoms with van der Waals surface area (Å²) in [6, 6.07) is 15.7. The first-order valence-corrected chi connectivity index (χ1v) is 6.34. The van der Waals surface area contributed by atoms with E-state index < -0.39 is 5.41 Å². The van der Waals surface area contributed by atoms with Gasteiger partial charge in [-0.1, -0.05) is 36.4 Å². The number of carbonyl (C=O) groups excluding carboxylic acids is 1. The third-order valence-corrected chi connectivity index (χ3v) is 3.83. The molecule has 0 saturated heterocycles. The monoisotopic (exact) mass is 253 g/mol. The van der Waals surface area contributed by atoms with Crippen LogP contribution >= 0.6 is 0 Å². The van der Waals surface area contributed by atoms with Gasteiger partial charge in [0.05, 0.1) is 12.8 Å². The van der Waals surface area contributed by atoms with Gasteiger partial charge in [0.25, 0.3) is 0 Å². The van der Waals surface area contributed by atoms with Gasteiger partial charge in [-0.2, -0.15) is 0 Å². The van der Waals surface area contributed by atoms with Crippen molar-refractivity contribution in [2.45, 2.75) is 17.8 Å². The molecule has 0 radical (unpaired) electrons. The third kappa shape index (κ3) is 1.82. The fourth-order valence-electron chi connectivity index (χ4n) is 2.77. The molecule has 1 aromatic heterocycles. The Morgan fingerprint density at radius 1 is 1.21 bits per heavy atom. The summed E-state index contributed by atoms with van der Waals surface area (Å²) >= 11 is 0. The van der Waals surface area contributed by atoms with E-state index in [1.54, 1.807) is 6.20 Å². The smallest absolute Gasteiger partial charge is 0.318 e. The zero-order valence-electron chi connectivity index (χ0n) is 10.7. The lowest BCUT2D eigenvalue weighted by Gasteiger charge is -2.14. The minimum Gasteiger partial charge on any atom is -0.468 e. The Morgan fingerprint density at radius 2 is 1.95 bits per heavy atom. The number of methoxy groups -OCH3 is 1. The lowest BCUT2D eigenvalue weighted by atomic mass is 9.95. The highest BCUT2D eigenvalue weighted by Gasteiger charge is 2.63. The van der Waals surface area contributed by atoms with Gasteiger partial charge in [0.1, 0.15) is 5.41 Å². The molecule has 0 N–H and O–H groups in total. The Bertz CT molecular complexity index is 582. The van der Waals surface area contributed by atoms with Crippen molar-refractivity contribution in [1.29, 1.82) is 0 Å². The summed E-state index contributed by atoms with van der Waals surface area (Å²) in [4.78, 5) is 16.6. The zero-order valence-corrected chi connectivity index (χ0v) is 10.7. The molecule has 2 aromatic rings. The van der Waals surface area contributed by atoms with E-state index >= 15 is 0 Å². The van der Waals surface area contributed by atoms with E-state index in [2.05, 4.69) is 17.1 Å². The molecule has 0 unspecified atom stereocenters. The van der Waals surface area contributed by atoms with Gasteiger partial charge in [-0.05, 0) is 24.1 Å². The van der Waals surface area contributed by atoms with Crippen LogP contribution in [0.2, 0.25) is 0 Å². The van der Waals surface area contributed by atoms with Crippen LogP contribution in [0, 0.1) is 0 Å². The van der Waals surface area contributed by atoms with Crippen molar-refractivity contribution in [3.8, 4) is 0 Å². The Kier molecular flexibility index (Phi) is 2.82. The number of hydrogen-bond donors (Lipinski definition) is 0. The number of carbonyl (C=O) groups is 1. The highest BCUT2D eigenvalue weighted by atomic mass is 16.5. The first-order chi connectivity index (χ1) is 9.29. The van der Waals surface area contributed by atoms with Crippen molar-refractivity contribution >= 4 is 5.97 Å². The number of aromatic nitrogens is 1. The lowest BCUT2D eigenvalue weighted by Crippen LogP contribution is -2.25. The number of ether oxygens (including phenoxy) is 1. The predicted molar refractivity (Wildman–Crippen MR) is 71.7 cm³/mol. The second-order valence-electron chi connectivity index (χ2n) is 4.85. The van der Waals surface area contributed by atoms with Crippen LogP contribution in [0.1, 0.15) is 23.6 Å². The van der Waals surface area contributed by atoms with Crippen LogP contribution in [0.3, 0.4) is 0 Å². The molecule has 3 heteroatoms. The molecule has 0 amide bonds. The molecule has 3 rings (SSSR count). The number of benzene rings is 1. The predicted octanol–water partition coefficient (Wildman–Crippen LogP) is 2.68. The zero-order chi connectivity index (χ0) is 13.3. The van der Waals surface area contributed by atoms with Crippen molar-refractivity contribution < 1.29 is 9.53 Å². The van der Waals surface area contributed by atoms with Crippen molar-refractivity contribution in [2.75, 3.05) is 7.11 Å². The molecule has 1 saturated carbocycles. The summed E-state index contributed by atoms with van der Waals surface area (Å²) in [5, 5.41) is 0. The maximum Gasteiger partial charge on any atom is 0.318 e. The van der Waals surface area contributed by atoms with Crippen LogP contribution in [0.4, 0.5) is 0 Å². The molecule has 1 fully saturated rings. The fourth-order valence-corrected chi connectivity index (χ4v) is 2.77. The summed E-state index contributed by atoms with van der Waals surface area (Å²) < 4.78 is 5.00. The number of pyridine rings is 1. The molecule has 1 heterocycles. The largest absolute Gasteiger partial charge is 0.468 e. The van der Waals surface area contributed by atoms with Crippen molar-refractivity contribution in [3.63, 3.8) is 0 Å². The molecule has 1 aliphatic carbocycles. The van der Waals surface area contributed by atoms with Gasteiger partial charge in [0, 0.05) is 12.1 Å². The summed E-state index contributed by atoms with van der Waals surface area (Å²) in [7, 11) is 1.44. The van der Waals surface area contributed by atoms with E-state index in [4.69, 9.17) is 4.74 Å². The third-order valence-electron chi connectivity index (χ3n) is 3.83. The van der Waals surface area contributed by atoms with Crippen molar-refractivity contribution in [3.05, 3.63) is 66.0 Å². The van der Waals surface area contributed by atoms with Gasteiger partial charge in [-0.25, -0.2) is 0 Å². The fraction of sp³-hybridized carbons (Fsp3) is 0.250. The van der Waals surface area contributed by atoms with Gasteiger partial charge in [-0.15, -0.1) is 0 Å². The van der Waals surface area contributed by atoms with Gasteiger partial charge in [-0.3, -0.25) is 9.78 Å². The summed E-state index contributed by atoms with van der Waals surface area (Å²) in [5.74, 6) is -0.0314. The average Bonchev–Trinajstić information content (AvgIpc) is 3.25. The highest BCUT2D eigenvalue weighted by molar-refractivity contribution is 5.88. The summed E-state index contributed by atoms with van der Waals surface area (Å²) in [5.41, 5.74) is 1.37. The maximum absolute atomic E-state index is 12.2. The van der Waals surface area contributed by atoms with E-state index in [9.17, 15) is 4.79 Å². The number of rotatable bonds is 3. The molecule has 96 valence electrons. The SMILES string of the molecule is COC(=O)[C@]1(c2ccccn2)C[C@H]1c1ccccc1. The van der Waals surface area contributed by atoms with Crippen molar-refractivity contribution in [1.82, 2.24) is 4.98 Å². The molecule has 19 heavy (non-hydrogen) atoms. The molecule has 3 nitrogen and oxygen atoms in total. The molecule has 2 atom stereocenters. The molecular formula is C16H15NO2. The molecule has 1 aromatic carbocycles. The minimum absolute atomic E-state index is 0.163. The van der Waals surface area contributed by atoms with Crippen LogP contribution in [-0.2, 0) is 14.9 Å². The molecule has 1 aliphatic rings. The topological polar surface area (TPSA) is 39.2 Å². The van der Waals surface area contributed by atoms with E-state index in [0.29, 0.717) is 0 Å². The van der Waals surface area contributed by atoms with Crippen molar-refractivity contribution in [2.24, 2.45) is 0 Å². The Hall–Kier alpha value is -2.16. The Balaban J connectivity index is 2.01. The van der Waals surface area contributed by atoms with Gasteiger partial charge >= 0.3 is 5.97 Å². The molecule has 0 spiro atoms. The first-order valence-electron chi connectivity index (χ1n) is 6.34. The first kappa shape index (κ1) is 11.9. The van der Waals surface area contributed by atoms with Gasteiger partial charge in [0.2, 0.25) is 0 Å². The molecule has 0 bridgehead atoms. The number of esters is 1. The van der Waals surface area contributed by atoms with E-state index in [-0.39, 0.29) is 11.9 Å². The van der Waals surface area contributed by atoms with E-state index in [1.807, 2.05) is 36.4 Å². The second kappa shape index (κ2) is 4.50. The molecular weight excluding hydrogens is 238 g/mol. The Morgan fingerprint density at radius 3 is 2.58 bits per heavy atom. The average molecular weight is 253 g/mol. The summed E-state index contributed by atoms with van der Waals surface area (Å²) in [6.45, 7) is 0. The summed E-state index contributed by atoms with van der Waals surface area (Å²) in [6.07, 6.45) is 2.49. The van der Waals surface area contributed by atoms with E-state index in [0.717, 1.165) is 12.1 Å². The van der Waals surface area contributed by atoms with Crippen LogP contribution in [-0.4, -0.2) is 18.1 Å². The normalized spacial score (nSPS) is 24.8. The Labute approximate surface area is 112 Å². The quantitative estimate of drug-likeness (QED) is 0.789. The minimum atomic E-state index is -0.600. The van der Waals surface area contributed by atoms with Crippen LogP contribution < -0.4 is 0 Å².